The Balaban J connectivity index is 1.94. The number of anilines is 4. The van der Waals surface area contributed by atoms with Gasteiger partial charge in [0, 0.05) is 37.9 Å². The van der Waals surface area contributed by atoms with Crippen LogP contribution in [0, 0.1) is 5.82 Å². The van der Waals surface area contributed by atoms with Crippen molar-refractivity contribution in [3.8, 4) is 5.75 Å². The number of benzene rings is 1. The second-order valence-corrected chi connectivity index (χ2v) is 8.93. The molecule has 3 rings (SSSR count). The molecule has 1 N–H and O–H groups in total. The molecule has 1 unspecified atom stereocenters. The van der Waals surface area contributed by atoms with E-state index < -0.39 is 5.82 Å². The standard InChI is InChI=1S/C25H39FN6O/c1-6-8-12-18(7-2)27-23-28-24(31(3)19-13-10-9-11-14-19)30-25(29-23)32(4)20-15-16-22(33-5)21(26)17-20/h15-19H,6-14H2,1-5H3,(H,27,28,29,30). The highest BCUT2D eigenvalue weighted by Gasteiger charge is 2.23. The summed E-state index contributed by atoms with van der Waals surface area (Å²) in [6, 6.07) is 5.59. The molecule has 1 heterocycles. The maximum absolute atomic E-state index is 14.4. The van der Waals surface area contributed by atoms with E-state index >= 15 is 0 Å². The molecule has 0 saturated heterocycles. The summed E-state index contributed by atoms with van der Waals surface area (Å²) in [4.78, 5) is 18.3. The van der Waals surface area contributed by atoms with Gasteiger partial charge in [-0.3, -0.25) is 0 Å². The predicted molar refractivity (Wildman–Crippen MR) is 133 cm³/mol. The number of hydrogen-bond donors (Lipinski definition) is 1. The molecule has 182 valence electrons. The van der Waals surface area contributed by atoms with E-state index in [1.54, 1.807) is 17.0 Å². The van der Waals surface area contributed by atoms with E-state index in [1.165, 1.54) is 32.4 Å². The number of nitrogens with one attached hydrogen (secondary N) is 1. The Kier molecular flexibility index (Phi) is 9.09. The third-order valence-corrected chi connectivity index (χ3v) is 6.60. The molecule has 2 aromatic rings. The Morgan fingerprint density at radius 2 is 1.82 bits per heavy atom. The molecular formula is C25H39FN6O. The Morgan fingerprint density at radius 1 is 1.09 bits per heavy atom. The normalized spacial score (nSPS) is 15.2. The average molecular weight is 459 g/mol. The zero-order valence-electron chi connectivity index (χ0n) is 20.8. The van der Waals surface area contributed by atoms with Crippen LogP contribution in [0.5, 0.6) is 5.75 Å². The first kappa shape index (κ1) is 25.0. The Bertz CT molecular complexity index is 889. The zero-order chi connectivity index (χ0) is 23.8. The van der Waals surface area contributed by atoms with Gasteiger partial charge >= 0.3 is 0 Å². The number of halogens is 1. The van der Waals surface area contributed by atoms with E-state index in [0.29, 0.717) is 35.6 Å². The van der Waals surface area contributed by atoms with E-state index in [2.05, 4.69) is 31.1 Å². The fraction of sp³-hybridized carbons (Fsp3) is 0.640. The van der Waals surface area contributed by atoms with Crippen molar-refractivity contribution in [3.05, 3.63) is 24.0 Å². The molecule has 8 heteroatoms. The fourth-order valence-electron chi connectivity index (χ4n) is 4.35. The van der Waals surface area contributed by atoms with Gasteiger partial charge in [-0.15, -0.1) is 0 Å². The molecule has 0 amide bonds. The smallest absolute Gasteiger partial charge is 0.236 e. The van der Waals surface area contributed by atoms with Crippen molar-refractivity contribution >= 4 is 23.5 Å². The van der Waals surface area contributed by atoms with E-state index in [-0.39, 0.29) is 5.75 Å². The van der Waals surface area contributed by atoms with Crippen molar-refractivity contribution in [2.24, 2.45) is 0 Å². The van der Waals surface area contributed by atoms with Gasteiger partial charge in [-0.05, 0) is 37.8 Å². The molecule has 0 radical (unpaired) electrons. The first-order valence-electron chi connectivity index (χ1n) is 12.3. The van der Waals surface area contributed by atoms with Crippen LogP contribution >= 0.6 is 0 Å². The highest BCUT2D eigenvalue weighted by atomic mass is 19.1. The number of rotatable bonds is 11. The summed E-state index contributed by atoms with van der Waals surface area (Å²) in [5.74, 6) is 1.51. The van der Waals surface area contributed by atoms with Crippen molar-refractivity contribution in [2.45, 2.75) is 83.7 Å². The predicted octanol–water partition coefficient (Wildman–Crippen LogP) is 5.94. The summed E-state index contributed by atoms with van der Waals surface area (Å²) in [5, 5.41) is 3.53. The number of methoxy groups -OCH3 is 1. The summed E-state index contributed by atoms with van der Waals surface area (Å²) in [6.07, 6.45) is 10.4. The number of aromatic nitrogens is 3. The maximum Gasteiger partial charge on any atom is 0.236 e. The molecule has 1 fully saturated rings. The summed E-state index contributed by atoms with van der Waals surface area (Å²) in [5.41, 5.74) is 0.648. The fourth-order valence-corrected chi connectivity index (χ4v) is 4.35. The van der Waals surface area contributed by atoms with E-state index in [1.807, 2.05) is 7.05 Å². The van der Waals surface area contributed by atoms with Gasteiger partial charge in [0.05, 0.1) is 7.11 Å². The lowest BCUT2D eigenvalue weighted by atomic mass is 9.95. The molecular weight excluding hydrogens is 419 g/mol. The van der Waals surface area contributed by atoms with E-state index in [9.17, 15) is 4.39 Å². The number of hydrogen-bond acceptors (Lipinski definition) is 7. The molecule has 1 aromatic heterocycles. The van der Waals surface area contributed by atoms with Gasteiger partial charge in [0.2, 0.25) is 17.8 Å². The summed E-state index contributed by atoms with van der Waals surface area (Å²) in [6.45, 7) is 4.38. The highest BCUT2D eigenvalue weighted by Crippen LogP contribution is 2.29. The Morgan fingerprint density at radius 3 is 2.45 bits per heavy atom. The zero-order valence-corrected chi connectivity index (χ0v) is 20.8. The first-order valence-corrected chi connectivity index (χ1v) is 12.3. The number of ether oxygens (including phenoxy) is 1. The SMILES string of the molecule is CCCCC(CC)Nc1nc(N(C)c2ccc(OC)c(F)c2)nc(N(C)C2CCCCC2)n1. The molecule has 1 aliphatic rings. The largest absolute Gasteiger partial charge is 0.494 e. The molecule has 1 aromatic carbocycles. The highest BCUT2D eigenvalue weighted by molar-refractivity contribution is 5.60. The minimum absolute atomic E-state index is 0.213. The molecule has 33 heavy (non-hydrogen) atoms. The molecule has 0 spiro atoms. The number of unbranched alkanes of at least 4 members (excludes halogenated alkanes) is 1. The number of nitrogens with zero attached hydrogens (tertiary/aromatic N) is 5. The van der Waals surface area contributed by atoms with Crippen LogP contribution in [0.15, 0.2) is 18.2 Å². The molecule has 0 bridgehead atoms. The van der Waals surface area contributed by atoms with E-state index in [0.717, 1.165) is 38.5 Å². The molecule has 0 aliphatic heterocycles. The minimum Gasteiger partial charge on any atom is -0.494 e. The van der Waals surface area contributed by atoms with Crippen LogP contribution in [-0.4, -0.2) is 48.2 Å². The topological polar surface area (TPSA) is 66.4 Å². The van der Waals surface area contributed by atoms with Gasteiger partial charge in [-0.25, -0.2) is 4.39 Å². The van der Waals surface area contributed by atoms with Crippen molar-refractivity contribution < 1.29 is 9.13 Å². The first-order chi connectivity index (χ1) is 16.0. The average Bonchev–Trinajstić information content (AvgIpc) is 2.85. The third-order valence-electron chi connectivity index (χ3n) is 6.60. The summed E-state index contributed by atoms with van der Waals surface area (Å²) < 4.78 is 19.4. The minimum atomic E-state index is -0.417. The van der Waals surface area contributed by atoms with Crippen LogP contribution in [0.4, 0.5) is 27.9 Å². The van der Waals surface area contributed by atoms with Gasteiger partial charge < -0.3 is 19.9 Å². The van der Waals surface area contributed by atoms with Crippen LogP contribution in [-0.2, 0) is 0 Å². The second-order valence-electron chi connectivity index (χ2n) is 8.93. The summed E-state index contributed by atoms with van der Waals surface area (Å²) >= 11 is 0. The van der Waals surface area contributed by atoms with Gasteiger partial charge in [0.25, 0.3) is 0 Å². The van der Waals surface area contributed by atoms with Crippen molar-refractivity contribution in [3.63, 3.8) is 0 Å². The Hall–Kier alpha value is -2.64. The van der Waals surface area contributed by atoms with E-state index in [4.69, 9.17) is 19.7 Å². The maximum atomic E-state index is 14.4. The molecule has 1 saturated carbocycles. The molecule has 1 atom stereocenters. The van der Waals surface area contributed by atoms with Gasteiger partial charge in [0.15, 0.2) is 11.6 Å². The Labute approximate surface area is 197 Å². The summed E-state index contributed by atoms with van der Waals surface area (Å²) in [7, 11) is 5.38. The monoisotopic (exact) mass is 458 g/mol. The van der Waals surface area contributed by atoms with Gasteiger partial charge in [0.1, 0.15) is 0 Å². The lowest BCUT2D eigenvalue weighted by Crippen LogP contribution is -2.35. The van der Waals surface area contributed by atoms with Crippen molar-refractivity contribution in [2.75, 3.05) is 36.3 Å². The van der Waals surface area contributed by atoms with Crippen LogP contribution < -0.4 is 19.9 Å². The van der Waals surface area contributed by atoms with Crippen molar-refractivity contribution in [1.82, 2.24) is 15.0 Å². The van der Waals surface area contributed by atoms with Crippen LogP contribution in [0.25, 0.3) is 0 Å². The van der Waals surface area contributed by atoms with Crippen LogP contribution in [0.3, 0.4) is 0 Å². The van der Waals surface area contributed by atoms with Crippen LogP contribution in [0.1, 0.15) is 71.6 Å². The quantitative estimate of drug-likeness (QED) is 0.447. The molecule has 1 aliphatic carbocycles. The van der Waals surface area contributed by atoms with Gasteiger partial charge in [-0.1, -0.05) is 46.0 Å². The van der Waals surface area contributed by atoms with Crippen molar-refractivity contribution in [1.29, 1.82) is 0 Å². The lowest BCUT2D eigenvalue weighted by Gasteiger charge is -2.32. The second kappa shape index (κ2) is 12.0. The third kappa shape index (κ3) is 6.45. The van der Waals surface area contributed by atoms with Gasteiger partial charge in [-0.2, -0.15) is 15.0 Å². The lowest BCUT2D eigenvalue weighted by molar-refractivity contribution is 0.386. The molecule has 7 nitrogen and oxygen atoms in total. The van der Waals surface area contributed by atoms with Crippen LogP contribution in [0.2, 0.25) is 0 Å².